The van der Waals surface area contributed by atoms with Crippen molar-refractivity contribution in [3.8, 4) is 0 Å². The molecule has 0 aromatic heterocycles. The first-order valence-electron chi connectivity index (χ1n) is 3.23. The fourth-order valence-corrected chi connectivity index (χ4v) is 0.819. The molecule has 0 fully saturated rings. The third kappa shape index (κ3) is 1.48. The highest BCUT2D eigenvalue weighted by molar-refractivity contribution is 5.41. The van der Waals surface area contributed by atoms with E-state index in [2.05, 4.69) is 0 Å². The van der Waals surface area contributed by atoms with Crippen molar-refractivity contribution in [2.24, 2.45) is 0 Å². The quantitative estimate of drug-likeness (QED) is 0.573. The van der Waals surface area contributed by atoms with E-state index < -0.39 is 6.10 Å². The summed E-state index contributed by atoms with van der Waals surface area (Å²) in [6.45, 7) is 1.72. The zero-order chi connectivity index (χ0) is 7.56. The van der Waals surface area contributed by atoms with E-state index in [0.29, 0.717) is 5.69 Å². The van der Waals surface area contributed by atoms with Gasteiger partial charge >= 0.3 is 0 Å². The van der Waals surface area contributed by atoms with Gasteiger partial charge in [0.1, 0.15) is 0 Å². The Balaban J connectivity index is 2.96. The maximum absolute atomic E-state index is 9.09. The molecule has 0 aliphatic carbocycles. The van der Waals surface area contributed by atoms with Crippen LogP contribution in [0.3, 0.4) is 0 Å². The molecule has 0 heterocycles. The summed E-state index contributed by atoms with van der Waals surface area (Å²) < 4.78 is 0. The molecule has 0 amide bonds. The molecule has 2 heteroatoms. The minimum atomic E-state index is -0.427. The lowest BCUT2D eigenvalue weighted by molar-refractivity contribution is 0.199. The van der Waals surface area contributed by atoms with Gasteiger partial charge in [0.15, 0.2) is 0 Å². The van der Waals surface area contributed by atoms with Crippen LogP contribution in [-0.2, 0) is 0 Å². The van der Waals surface area contributed by atoms with Crippen molar-refractivity contribution < 1.29 is 5.11 Å². The molecular formula is C8H11NO. The summed E-state index contributed by atoms with van der Waals surface area (Å²) in [4.78, 5) is 0. The van der Waals surface area contributed by atoms with Crippen molar-refractivity contribution in [2.45, 2.75) is 13.0 Å². The Morgan fingerprint density at radius 2 is 2.20 bits per heavy atom. The topological polar surface area (TPSA) is 46.2 Å². The van der Waals surface area contributed by atoms with Crippen LogP contribution in [0, 0.1) is 0 Å². The van der Waals surface area contributed by atoms with Gasteiger partial charge in [-0.1, -0.05) is 12.1 Å². The predicted octanol–water partition coefficient (Wildman–Crippen LogP) is 1.32. The van der Waals surface area contributed by atoms with Gasteiger partial charge in [-0.05, 0) is 24.6 Å². The second-order valence-electron chi connectivity index (χ2n) is 2.35. The highest BCUT2D eigenvalue weighted by Crippen LogP contribution is 2.13. The number of aliphatic hydroxyl groups is 1. The molecule has 1 atom stereocenters. The molecule has 54 valence electrons. The van der Waals surface area contributed by atoms with Crippen LogP contribution in [-0.4, -0.2) is 5.11 Å². The molecule has 3 N–H and O–H groups in total. The Kier molecular flexibility index (Phi) is 1.92. The average molecular weight is 137 g/mol. The van der Waals surface area contributed by atoms with Gasteiger partial charge in [0.2, 0.25) is 0 Å². The number of rotatable bonds is 1. The molecule has 0 spiro atoms. The van der Waals surface area contributed by atoms with E-state index in [1.807, 2.05) is 12.1 Å². The second kappa shape index (κ2) is 2.71. The van der Waals surface area contributed by atoms with Crippen molar-refractivity contribution in [2.75, 3.05) is 5.73 Å². The van der Waals surface area contributed by atoms with Gasteiger partial charge < -0.3 is 10.8 Å². The number of hydrogen-bond donors (Lipinski definition) is 2. The van der Waals surface area contributed by atoms with Crippen LogP contribution in [0.4, 0.5) is 5.69 Å². The van der Waals surface area contributed by atoms with Gasteiger partial charge in [-0.15, -0.1) is 0 Å². The summed E-state index contributed by atoms with van der Waals surface area (Å²) in [6, 6.07) is 7.25. The van der Waals surface area contributed by atoms with Crippen LogP contribution in [0.1, 0.15) is 18.6 Å². The fourth-order valence-electron chi connectivity index (χ4n) is 0.819. The van der Waals surface area contributed by atoms with E-state index in [0.717, 1.165) is 5.56 Å². The van der Waals surface area contributed by atoms with Gasteiger partial charge in [-0.3, -0.25) is 0 Å². The molecule has 0 aliphatic heterocycles. The summed E-state index contributed by atoms with van der Waals surface area (Å²) in [6.07, 6.45) is -0.427. The summed E-state index contributed by atoms with van der Waals surface area (Å²) in [5.41, 5.74) is 7.04. The number of aliphatic hydroxyl groups excluding tert-OH is 1. The van der Waals surface area contributed by atoms with Gasteiger partial charge in [-0.25, -0.2) is 0 Å². The first-order chi connectivity index (χ1) is 4.70. The molecule has 0 aliphatic rings. The summed E-state index contributed by atoms with van der Waals surface area (Å²) in [5, 5.41) is 9.09. The summed E-state index contributed by atoms with van der Waals surface area (Å²) >= 11 is 0. The normalized spacial score (nSPS) is 13.0. The SMILES string of the molecule is C[C@@H](O)c1cccc(N)c1. The van der Waals surface area contributed by atoms with Crippen LogP contribution < -0.4 is 5.73 Å². The van der Waals surface area contributed by atoms with E-state index in [-0.39, 0.29) is 0 Å². The monoisotopic (exact) mass is 137 g/mol. The number of benzene rings is 1. The zero-order valence-electron chi connectivity index (χ0n) is 5.91. The molecule has 2 nitrogen and oxygen atoms in total. The highest BCUT2D eigenvalue weighted by atomic mass is 16.3. The molecule has 0 saturated heterocycles. The minimum absolute atomic E-state index is 0.427. The maximum Gasteiger partial charge on any atom is 0.0762 e. The Hall–Kier alpha value is -1.02. The van der Waals surface area contributed by atoms with Crippen molar-refractivity contribution >= 4 is 5.69 Å². The maximum atomic E-state index is 9.09. The van der Waals surface area contributed by atoms with Crippen molar-refractivity contribution in [1.29, 1.82) is 0 Å². The van der Waals surface area contributed by atoms with Crippen molar-refractivity contribution in [3.05, 3.63) is 29.8 Å². The molecule has 1 aromatic rings. The second-order valence-corrected chi connectivity index (χ2v) is 2.35. The number of anilines is 1. The van der Waals surface area contributed by atoms with Crippen LogP contribution >= 0.6 is 0 Å². The highest BCUT2D eigenvalue weighted by Gasteiger charge is 1.98. The predicted molar refractivity (Wildman–Crippen MR) is 41.5 cm³/mol. The van der Waals surface area contributed by atoms with Crippen LogP contribution in [0.15, 0.2) is 24.3 Å². The Morgan fingerprint density at radius 3 is 2.60 bits per heavy atom. The fraction of sp³-hybridized carbons (Fsp3) is 0.250. The van der Waals surface area contributed by atoms with Gasteiger partial charge in [0.25, 0.3) is 0 Å². The molecule has 0 radical (unpaired) electrons. The molecular weight excluding hydrogens is 126 g/mol. The molecule has 0 bridgehead atoms. The van der Waals surface area contributed by atoms with E-state index in [1.54, 1.807) is 19.1 Å². The third-order valence-electron chi connectivity index (χ3n) is 1.39. The molecule has 1 aromatic carbocycles. The largest absolute Gasteiger partial charge is 0.399 e. The molecule has 1 rings (SSSR count). The average Bonchev–Trinajstić information content (AvgIpc) is 1.88. The number of hydrogen-bond acceptors (Lipinski definition) is 2. The molecule has 0 saturated carbocycles. The summed E-state index contributed by atoms with van der Waals surface area (Å²) in [7, 11) is 0. The lowest BCUT2D eigenvalue weighted by Gasteiger charge is -2.03. The van der Waals surface area contributed by atoms with Crippen molar-refractivity contribution in [1.82, 2.24) is 0 Å². The third-order valence-corrected chi connectivity index (χ3v) is 1.39. The van der Waals surface area contributed by atoms with Crippen LogP contribution in [0.5, 0.6) is 0 Å². The Labute approximate surface area is 60.3 Å². The van der Waals surface area contributed by atoms with Crippen LogP contribution in [0.2, 0.25) is 0 Å². The van der Waals surface area contributed by atoms with Crippen LogP contribution in [0.25, 0.3) is 0 Å². The van der Waals surface area contributed by atoms with Gasteiger partial charge in [0.05, 0.1) is 6.10 Å². The van der Waals surface area contributed by atoms with E-state index in [9.17, 15) is 0 Å². The zero-order valence-corrected chi connectivity index (χ0v) is 5.91. The standard InChI is InChI=1S/C8H11NO/c1-6(10)7-3-2-4-8(9)5-7/h2-6,10H,9H2,1H3/t6-/m1/s1. The van der Waals surface area contributed by atoms with Crippen molar-refractivity contribution in [3.63, 3.8) is 0 Å². The minimum Gasteiger partial charge on any atom is -0.399 e. The Morgan fingerprint density at radius 1 is 1.50 bits per heavy atom. The van der Waals surface area contributed by atoms with E-state index >= 15 is 0 Å². The number of nitrogen functional groups attached to an aromatic ring is 1. The lowest BCUT2D eigenvalue weighted by atomic mass is 10.1. The van der Waals surface area contributed by atoms with E-state index in [4.69, 9.17) is 10.8 Å². The lowest BCUT2D eigenvalue weighted by Crippen LogP contribution is -1.92. The van der Waals surface area contributed by atoms with E-state index in [1.165, 1.54) is 0 Å². The van der Waals surface area contributed by atoms with Gasteiger partial charge in [0, 0.05) is 5.69 Å². The Bertz CT molecular complexity index is 220. The first kappa shape index (κ1) is 7.09. The molecule has 0 unspecified atom stereocenters. The smallest absolute Gasteiger partial charge is 0.0762 e. The summed E-state index contributed by atoms with van der Waals surface area (Å²) in [5.74, 6) is 0. The molecule has 10 heavy (non-hydrogen) atoms. The number of nitrogens with two attached hydrogens (primary N) is 1. The van der Waals surface area contributed by atoms with Gasteiger partial charge in [-0.2, -0.15) is 0 Å². The first-order valence-corrected chi connectivity index (χ1v) is 3.23.